The molecule has 0 aliphatic carbocycles. The fourth-order valence-electron chi connectivity index (χ4n) is 1.61. The SMILES string of the molecule is O=C1CCC(C(=O)Nc2ccc(OC(F)F)c(Cl)c2)=NN1. The first-order valence-corrected chi connectivity index (χ1v) is 6.24. The third kappa shape index (κ3) is 4.12. The van der Waals surface area contributed by atoms with E-state index in [-0.39, 0.29) is 35.2 Å². The number of anilines is 1. The predicted octanol–water partition coefficient (Wildman–Crippen LogP) is 2.15. The van der Waals surface area contributed by atoms with Crippen molar-refractivity contribution in [1.82, 2.24) is 5.43 Å². The number of carbonyl (C=O) groups excluding carboxylic acids is 2. The molecule has 0 radical (unpaired) electrons. The summed E-state index contributed by atoms with van der Waals surface area (Å²) in [7, 11) is 0. The molecule has 1 heterocycles. The van der Waals surface area contributed by atoms with E-state index in [2.05, 4.69) is 20.6 Å². The van der Waals surface area contributed by atoms with Gasteiger partial charge in [0.05, 0.1) is 5.02 Å². The Kier molecular flexibility index (Phi) is 4.69. The fraction of sp³-hybridized carbons (Fsp3) is 0.250. The van der Waals surface area contributed by atoms with Crippen LogP contribution in [0.25, 0.3) is 0 Å². The summed E-state index contributed by atoms with van der Waals surface area (Å²) in [5.41, 5.74) is 2.66. The standard InChI is InChI=1S/C12H10ClF2N3O3/c13-7-5-6(1-3-9(7)21-12(14)15)16-11(20)8-2-4-10(19)18-17-8/h1,3,5,12H,2,4H2,(H,16,20)(H,18,19). The summed E-state index contributed by atoms with van der Waals surface area (Å²) in [4.78, 5) is 22.8. The summed E-state index contributed by atoms with van der Waals surface area (Å²) in [5.74, 6) is -0.955. The molecule has 1 aliphatic rings. The Morgan fingerprint density at radius 3 is 2.76 bits per heavy atom. The monoisotopic (exact) mass is 317 g/mol. The number of nitrogens with one attached hydrogen (secondary N) is 2. The van der Waals surface area contributed by atoms with E-state index in [0.29, 0.717) is 5.69 Å². The van der Waals surface area contributed by atoms with E-state index >= 15 is 0 Å². The number of ether oxygens (including phenoxy) is 1. The number of alkyl halides is 2. The van der Waals surface area contributed by atoms with Gasteiger partial charge in [0.15, 0.2) is 0 Å². The second kappa shape index (κ2) is 6.49. The number of hydrazone groups is 1. The van der Waals surface area contributed by atoms with Crippen LogP contribution in [0.3, 0.4) is 0 Å². The van der Waals surface area contributed by atoms with Crippen LogP contribution in [0, 0.1) is 0 Å². The van der Waals surface area contributed by atoms with Crippen LogP contribution in [0.2, 0.25) is 5.02 Å². The summed E-state index contributed by atoms with van der Waals surface area (Å²) in [6, 6.07) is 3.86. The number of halogens is 3. The van der Waals surface area contributed by atoms with Gasteiger partial charge in [0, 0.05) is 18.5 Å². The summed E-state index contributed by atoms with van der Waals surface area (Å²) < 4.78 is 28.4. The van der Waals surface area contributed by atoms with Crippen molar-refractivity contribution in [3.63, 3.8) is 0 Å². The van der Waals surface area contributed by atoms with Gasteiger partial charge in [0.2, 0.25) is 5.91 Å². The Morgan fingerprint density at radius 2 is 2.19 bits per heavy atom. The molecular formula is C12H10ClF2N3O3. The third-order valence-electron chi connectivity index (χ3n) is 2.57. The minimum absolute atomic E-state index is 0.0630. The number of benzene rings is 1. The Bertz CT molecular complexity index is 607. The van der Waals surface area contributed by atoms with Crippen LogP contribution in [0.5, 0.6) is 5.75 Å². The van der Waals surface area contributed by atoms with Gasteiger partial charge in [0.25, 0.3) is 5.91 Å². The summed E-state index contributed by atoms with van der Waals surface area (Å²) in [5, 5.41) is 6.07. The molecule has 2 N–H and O–H groups in total. The molecular weight excluding hydrogens is 308 g/mol. The van der Waals surface area contributed by atoms with Crippen LogP contribution in [0.15, 0.2) is 23.3 Å². The molecule has 21 heavy (non-hydrogen) atoms. The van der Waals surface area contributed by atoms with Crippen LogP contribution in [-0.4, -0.2) is 24.1 Å². The average molecular weight is 318 g/mol. The van der Waals surface area contributed by atoms with E-state index in [0.717, 1.165) is 0 Å². The molecule has 1 aromatic carbocycles. The maximum absolute atomic E-state index is 12.1. The first-order valence-electron chi connectivity index (χ1n) is 5.87. The molecule has 0 unspecified atom stereocenters. The zero-order valence-corrected chi connectivity index (χ0v) is 11.3. The molecule has 6 nitrogen and oxygen atoms in total. The average Bonchev–Trinajstić information content (AvgIpc) is 2.42. The van der Waals surface area contributed by atoms with Crippen molar-refractivity contribution in [2.75, 3.05) is 5.32 Å². The molecule has 0 bridgehead atoms. The lowest BCUT2D eigenvalue weighted by Gasteiger charge is -2.13. The normalized spacial score (nSPS) is 14.5. The van der Waals surface area contributed by atoms with E-state index in [1.807, 2.05) is 0 Å². The maximum atomic E-state index is 12.1. The van der Waals surface area contributed by atoms with Crippen molar-refractivity contribution in [1.29, 1.82) is 0 Å². The molecule has 1 aliphatic heterocycles. The van der Waals surface area contributed by atoms with Crippen molar-refractivity contribution in [2.45, 2.75) is 19.5 Å². The first kappa shape index (κ1) is 15.2. The molecule has 0 spiro atoms. The van der Waals surface area contributed by atoms with Gasteiger partial charge >= 0.3 is 6.61 Å². The number of hydrogen-bond donors (Lipinski definition) is 2. The molecule has 2 amide bonds. The zero-order valence-electron chi connectivity index (χ0n) is 10.5. The summed E-state index contributed by atoms with van der Waals surface area (Å²) in [6.07, 6.45) is 0.395. The van der Waals surface area contributed by atoms with Crippen molar-refractivity contribution in [3.8, 4) is 5.75 Å². The second-order valence-electron chi connectivity index (χ2n) is 4.07. The molecule has 0 saturated heterocycles. The molecule has 0 saturated carbocycles. The van der Waals surface area contributed by atoms with E-state index < -0.39 is 12.5 Å². The predicted molar refractivity (Wildman–Crippen MR) is 71.5 cm³/mol. The second-order valence-corrected chi connectivity index (χ2v) is 4.48. The minimum atomic E-state index is -2.98. The lowest BCUT2D eigenvalue weighted by molar-refractivity contribution is -0.121. The van der Waals surface area contributed by atoms with Gasteiger partial charge in [-0.15, -0.1) is 0 Å². The molecule has 2 rings (SSSR count). The number of carbonyl (C=O) groups is 2. The highest BCUT2D eigenvalue weighted by atomic mass is 35.5. The Hall–Kier alpha value is -2.22. The molecule has 1 aromatic rings. The van der Waals surface area contributed by atoms with E-state index in [1.165, 1.54) is 18.2 Å². The fourth-order valence-corrected chi connectivity index (χ4v) is 1.84. The third-order valence-corrected chi connectivity index (χ3v) is 2.87. The van der Waals surface area contributed by atoms with Crippen LogP contribution < -0.4 is 15.5 Å². The zero-order chi connectivity index (χ0) is 15.4. The van der Waals surface area contributed by atoms with E-state index in [4.69, 9.17) is 11.6 Å². The number of nitrogens with zero attached hydrogens (tertiary/aromatic N) is 1. The van der Waals surface area contributed by atoms with Gasteiger partial charge < -0.3 is 10.1 Å². The Balaban J connectivity index is 2.04. The molecule has 0 aromatic heterocycles. The van der Waals surface area contributed by atoms with Crippen LogP contribution >= 0.6 is 11.6 Å². The van der Waals surface area contributed by atoms with Crippen molar-refractivity contribution in [2.24, 2.45) is 5.10 Å². The molecule has 0 fully saturated rings. The Morgan fingerprint density at radius 1 is 1.43 bits per heavy atom. The highest BCUT2D eigenvalue weighted by molar-refractivity contribution is 6.43. The number of hydrogen-bond acceptors (Lipinski definition) is 4. The summed E-state index contributed by atoms with van der Waals surface area (Å²) >= 11 is 5.76. The smallest absolute Gasteiger partial charge is 0.387 e. The Labute approximate surface area is 123 Å². The van der Waals surface area contributed by atoms with Gasteiger partial charge in [-0.2, -0.15) is 13.9 Å². The van der Waals surface area contributed by atoms with E-state index in [1.54, 1.807) is 0 Å². The van der Waals surface area contributed by atoms with Crippen molar-refractivity contribution >= 4 is 34.8 Å². The quantitative estimate of drug-likeness (QED) is 0.893. The van der Waals surface area contributed by atoms with Crippen LogP contribution in [-0.2, 0) is 9.59 Å². The van der Waals surface area contributed by atoms with Crippen LogP contribution in [0.4, 0.5) is 14.5 Å². The topological polar surface area (TPSA) is 79.8 Å². The summed E-state index contributed by atoms with van der Waals surface area (Å²) in [6.45, 7) is -2.98. The maximum Gasteiger partial charge on any atom is 0.387 e. The van der Waals surface area contributed by atoms with Gasteiger partial charge in [-0.1, -0.05) is 11.6 Å². The van der Waals surface area contributed by atoms with Gasteiger partial charge in [-0.25, -0.2) is 5.43 Å². The number of rotatable bonds is 4. The first-order chi connectivity index (χ1) is 9.95. The van der Waals surface area contributed by atoms with Gasteiger partial charge in [0.1, 0.15) is 11.5 Å². The largest absolute Gasteiger partial charge is 0.433 e. The number of amides is 2. The van der Waals surface area contributed by atoms with Gasteiger partial charge in [-0.05, 0) is 18.2 Å². The molecule has 0 atom stereocenters. The van der Waals surface area contributed by atoms with Crippen LogP contribution in [0.1, 0.15) is 12.8 Å². The lowest BCUT2D eigenvalue weighted by atomic mass is 10.1. The van der Waals surface area contributed by atoms with Crippen molar-refractivity contribution < 1.29 is 23.1 Å². The van der Waals surface area contributed by atoms with Crippen molar-refractivity contribution in [3.05, 3.63) is 23.2 Å². The molecule has 112 valence electrons. The lowest BCUT2D eigenvalue weighted by Crippen LogP contribution is -2.32. The van der Waals surface area contributed by atoms with Gasteiger partial charge in [-0.3, -0.25) is 9.59 Å². The molecule has 9 heteroatoms. The highest BCUT2D eigenvalue weighted by Crippen LogP contribution is 2.28. The highest BCUT2D eigenvalue weighted by Gasteiger charge is 2.18. The van der Waals surface area contributed by atoms with E-state index in [9.17, 15) is 18.4 Å². The minimum Gasteiger partial charge on any atom is -0.433 e.